The van der Waals surface area contributed by atoms with Gasteiger partial charge in [-0.3, -0.25) is 9.59 Å². The Morgan fingerprint density at radius 1 is 1.11 bits per heavy atom. The van der Waals surface area contributed by atoms with Crippen molar-refractivity contribution in [2.75, 3.05) is 7.11 Å². The monoisotopic (exact) mass is 509 g/mol. The lowest BCUT2D eigenvalue weighted by atomic mass is 9.94. The van der Waals surface area contributed by atoms with Gasteiger partial charge in [0.15, 0.2) is 22.9 Å². The molecule has 0 fully saturated rings. The van der Waals surface area contributed by atoms with Crippen LogP contribution in [0.25, 0.3) is 11.0 Å². The van der Waals surface area contributed by atoms with E-state index in [9.17, 15) is 23.5 Å². The number of aliphatic hydroxyl groups excluding tert-OH is 1. The number of ether oxygens (including phenoxy) is 1. The van der Waals surface area contributed by atoms with Crippen LogP contribution < -0.4 is 4.74 Å². The largest absolute Gasteiger partial charge is 0.503 e. The van der Waals surface area contributed by atoms with Gasteiger partial charge in [-0.25, -0.2) is 8.78 Å². The summed E-state index contributed by atoms with van der Waals surface area (Å²) in [6.45, 7) is -0.109. The van der Waals surface area contributed by atoms with Crippen molar-refractivity contribution < 1.29 is 32.6 Å². The molecule has 0 aliphatic carbocycles. The van der Waals surface area contributed by atoms with Crippen LogP contribution in [-0.2, 0) is 11.3 Å². The molecule has 1 unspecified atom stereocenters. The smallest absolute Gasteiger partial charge is 0.290 e. The molecule has 0 bridgehead atoms. The van der Waals surface area contributed by atoms with E-state index in [-0.39, 0.29) is 29.0 Å². The summed E-state index contributed by atoms with van der Waals surface area (Å²) in [7, 11) is 1.42. The number of halogens is 3. The molecular formula is C27H18ClF2NO5. The Balaban J connectivity index is 1.62. The molecule has 1 amide bonds. The van der Waals surface area contributed by atoms with Crippen LogP contribution >= 0.6 is 11.6 Å². The van der Waals surface area contributed by atoms with Crippen LogP contribution in [0.5, 0.6) is 5.75 Å². The average molecular weight is 510 g/mol. The Kier molecular flexibility index (Phi) is 5.97. The first-order valence-electron chi connectivity index (χ1n) is 10.8. The van der Waals surface area contributed by atoms with E-state index in [4.69, 9.17) is 20.8 Å². The average Bonchev–Trinajstić information content (AvgIpc) is 3.39. The van der Waals surface area contributed by atoms with E-state index < -0.39 is 35.1 Å². The van der Waals surface area contributed by atoms with E-state index in [1.165, 1.54) is 61.7 Å². The zero-order chi connectivity index (χ0) is 25.6. The van der Waals surface area contributed by atoms with Crippen molar-refractivity contribution in [3.8, 4) is 5.75 Å². The molecule has 0 saturated heterocycles. The van der Waals surface area contributed by atoms with E-state index in [0.29, 0.717) is 21.7 Å². The number of carbonyl (C=O) groups excluding carboxylic acids is 2. The van der Waals surface area contributed by atoms with Crippen molar-refractivity contribution in [1.82, 2.24) is 4.90 Å². The number of hydrogen-bond donors (Lipinski definition) is 1. The molecule has 1 atom stereocenters. The van der Waals surface area contributed by atoms with Crippen LogP contribution in [0.4, 0.5) is 8.78 Å². The molecule has 1 aliphatic rings. The molecule has 0 radical (unpaired) electrons. The van der Waals surface area contributed by atoms with E-state index >= 15 is 0 Å². The van der Waals surface area contributed by atoms with Gasteiger partial charge in [0.05, 0.1) is 18.7 Å². The second-order valence-electron chi connectivity index (χ2n) is 8.21. The zero-order valence-corrected chi connectivity index (χ0v) is 19.6. The molecule has 4 aromatic rings. The summed E-state index contributed by atoms with van der Waals surface area (Å²) in [5.74, 6) is -3.52. The molecule has 0 saturated carbocycles. The minimum Gasteiger partial charge on any atom is -0.503 e. The third-order valence-corrected chi connectivity index (χ3v) is 6.22. The van der Waals surface area contributed by atoms with Crippen molar-refractivity contribution >= 4 is 34.3 Å². The highest BCUT2D eigenvalue weighted by Crippen LogP contribution is 2.42. The normalized spacial score (nSPS) is 15.7. The molecule has 1 aromatic heterocycles. The number of nitrogens with zero attached hydrogens (tertiary/aromatic N) is 1. The molecule has 6 nitrogen and oxygen atoms in total. The number of methoxy groups -OCH3 is 1. The van der Waals surface area contributed by atoms with E-state index in [0.717, 1.165) is 4.90 Å². The summed E-state index contributed by atoms with van der Waals surface area (Å²) < 4.78 is 39.4. The van der Waals surface area contributed by atoms with Gasteiger partial charge in [0.25, 0.3) is 5.91 Å². The lowest BCUT2D eigenvalue weighted by Gasteiger charge is -2.27. The van der Waals surface area contributed by atoms with Crippen molar-refractivity contribution in [3.05, 3.63) is 112 Å². The van der Waals surface area contributed by atoms with Gasteiger partial charge in [-0.15, -0.1) is 0 Å². The van der Waals surface area contributed by atoms with E-state index in [1.807, 2.05) is 0 Å². The van der Waals surface area contributed by atoms with Crippen LogP contribution in [0.1, 0.15) is 27.7 Å². The van der Waals surface area contributed by atoms with Crippen LogP contribution in [0.2, 0.25) is 5.02 Å². The standard InChI is InChI=1S/C27H18ClF2NO5/c1-35-21-12-16(28)10-15-11-20(36-26(15)21)24(32)22-23(18-4-2-3-5-19(18)30)31(27(34)25(22)33)13-14-6-8-17(29)9-7-14/h2-12,23,33H,13H2,1H3. The molecular weight excluding hydrogens is 492 g/mol. The van der Waals surface area contributed by atoms with Crippen LogP contribution in [0, 0.1) is 11.6 Å². The van der Waals surface area contributed by atoms with Gasteiger partial charge in [0.1, 0.15) is 11.6 Å². The third-order valence-electron chi connectivity index (χ3n) is 6.00. The van der Waals surface area contributed by atoms with Crippen molar-refractivity contribution in [3.63, 3.8) is 0 Å². The first-order valence-corrected chi connectivity index (χ1v) is 11.2. The maximum atomic E-state index is 15.0. The summed E-state index contributed by atoms with van der Waals surface area (Å²) in [5, 5.41) is 11.6. The van der Waals surface area contributed by atoms with Gasteiger partial charge < -0.3 is 19.2 Å². The summed E-state index contributed by atoms with van der Waals surface area (Å²) in [6, 6.07) is 14.3. The predicted octanol–water partition coefficient (Wildman–Crippen LogP) is 6.15. The quantitative estimate of drug-likeness (QED) is 0.315. The molecule has 5 rings (SSSR count). The third kappa shape index (κ3) is 3.99. The minimum atomic E-state index is -1.25. The van der Waals surface area contributed by atoms with Crippen molar-refractivity contribution in [2.24, 2.45) is 0 Å². The number of benzene rings is 3. The topological polar surface area (TPSA) is 80.0 Å². The predicted molar refractivity (Wildman–Crippen MR) is 128 cm³/mol. The van der Waals surface area contributed by atoms with Crippen LogP contribution in [-0.4, -0.2) is 28.8 Å². The fraction of sp³-hybridized carbons (Fsp3) is 0.111. The van der Waals surface area contributed by atoms with Gasteiger partial charge in [-0.2, -0.15) is 0 Å². The highest BCUT2D eigenvalue weighted by molar-refractivity contribution is 6.31. The number of ketones is 1. The number of fused-ring (bicyclic) bond motifs is 1. The minimum absolute atomic E-state index is 0.0112. The molecule has 0 spiro atoms. The zero-order valence-electron chi connectivity index (χ0n) is 18.8. The first-order chi connectivity index (χ1) is 17.3. The summed E-state index contributed by atoms with van der Waals surface area (Å²) >= 11 is 6.11. The second kappa shape index (κ2) is 9.13. The summed E-state index contributed by atoms with van der Waals surface area (Å²) in [6.07, 6.45) is 0. The number of amides is 1. The lowest BCUT2D eigenvalue weighted by molar-refractivity contribution is -0.130. The molecule has 1 N–H and O–H groups in total. The second-order valence-corrected chi connectivity index (χ2v) is 8.65. The van der Waals surface area contributed by atoms with Gasteiger partial charge >= 0.3 is 0 Å². The number of hydrogen-bond acceptors (Lipinski definition) is 5. The molecule has 182 valence electrons. The fourth-order valence-electron chi connectivity index (χ4n) is 4.34. The van der Waals surface area contributed by atoms with Gasteiger partial charge in [-0.05, 0) is 35.9 Å². The number of furan rings is 1. The molecule has 9 heteroatoms. The summed E-state index contributed by atoms with van der Waals surface area (Å²) in [5.41, 5.74) is 0.449. The first kappa shape index (κ1) is 23.6. The van der Waals surface area contributed by atoms with E-state index in [1.54, 1.807) is 12.1 Å². The Morgan fingerprint density at radius 2 is 1.83 bits per heavy atom. The molecule has 36 heavy (non-hydrogen) atoms. The Bertz CT molecular complexity index is 1540. The fourth-order valence-corrected chi connectivity index (χ4v) is 4.55. The molecule has 2 heterocycles. The van der Waals surface area contributed by atoms with Crippen LogP contribution in [0.15, 0.2) is 82.5 Å². The van der Waals surface area contributed by atoms with Gasteiger partial charge in [-0.1, -0.05) is 41.9 Å². The van der Waals surface area contributed by atoms with Crippen molar-refractivity contribution in [2.45, 2.75) is 12.6 Å². The SMILES string of the molecule is COc1cc(Cl)cc2cc(C(=O)C3=C(O)C(=O)N(Cc4ccc(F)cc4)C3c3ccccc3F)oc12. The van der Waals surface area contributed by atoms with Gasteiger partial charge in [0.2, 0.25) is 5.78 Å². The molecule has 3 aromatic carbocycles. The number of aliphatic hydroxyl groups is 1. The Hall–Kier alpha value is -4.17. The maximum absolute atomic E-state index is 15.0. The highest BCUT2D eigenvalue weighted by Gasteiger charge is 2.45. The highest BCUT2D eigenvalue weighted by atomic mass is 35.5. The number of Topliss-reactive ketones (excluding diaryl/α,β-unsaturated/α-hetero) is 1. The molecule has 1 aliphatic heterocycles. The van der Waals surface area contributed by atoms with E-state index in [2.05, 4.69) is 0 Å². The number of rotatable bonds is 6. The Labute approximate surface area is 209 Å². The van der Waals surface area contributed by atoms with Crippen LogP contribution in [0.3, 0.4) is 0 Å². The number of carbonyl (C=O) groups is 2. The van der Waals surface area contributed by atoms with Gasteiger partial charge in [0, 0.05) is 28.6 Å². The maximum Gasteiger partial charge on any atom is 0.290 e. The lowest BCUT2D eigenvalue weighted by Crippen LogP contribution is -2.31. The van der Waals surface area contributed by atoms with Crippen molar-refractivity contribution in [1.29, 1.82) is 0 Å². The Morgan fingerprint density at radius 3 is 2.53 bits per heavy atom. The summed E-state index contributed by atoms with van der Waals surface area (Å²) in [4.78, 5) is 28.0.